The highest BCUT2D eigenvalue weighted by atomic mass is 35.5. The summed E-state index contributed by atoms with van der Waals surface area (Å²) in [5.74, 6) is -0.515. The summed E-state index contributed by atoms with van der Waals surface area (Å²) in [4.78, 5) is 13.0. The van der Waals surface area contributed by atoms with E-state index in [1.54, 1.807) is 0 Å². The van der Waals surface area contributed by atoms with Gasteiger partial charge in [-0.1, -0.05) is 11.6 Å². The van der Waals surface area contributed by atoms with E-state index in [-0.39, 0.29) is 11.1 Å². The van der Waals surface area contributed by atoms with E-state index in [9.17, 15) is 9.18 Å². The Bertz CT molecular complexity index is 441. The van der Waals surface area contributed by atoms with Gasteiger partial charge in [-0.25, -0.2) is 9.18 Å². The second-order valence-corrected chi connectivity index (χ2v) is 4.18. The summed E-state index contributed by atoms with van der Waals surface area (Å²) in [6, 6.07) is 4.02. The number of benzene rings is 1. The van der Waals surface area contributed by atoms with Gasteiger partial charge >= 0.3 is 6.09 Å². The number of nitrogens with two attached hydrogens (primary N) is 1. The van der Waals surface area contributed by atoms with Crippen molar-refractivity contribution in [2.24, 2.45) is 5.73 Å². The number of carbonyl (C=O) groups is 1. The van der Waals surface area contributed by atoms with Crippen molar-refractivity contribution in [1.29, 1.82) is 0 Å². The maximum absolute atomic E-state index is 13.0. The molecule has 1 aliphatic heterocycles. The van der Waals surface area contributed by atoms with Gasteiger partial charge in [0.2, 0.25) is 0 Å². The molecule has 1 amide bonds. The van der Waals surface area contributed by atoms with E-state index in [1.165, 1.54) is 23.1 Å². The van der Waals surface area contributed by atoms with Crippen molar-refractivity contribution in [3.05, 3.63) is 29.0 Å². The maximum Gasteiger partial charge on any atom is 0.414 e. The molecule has 0 spiro atoms. The van der Waals surface area contributed by atoms with Crippen LogP contribution in [0.3, 0.4) is 0 Å². The number of carbonyl (C=O) groups excluding carboxylic acids is 1. The molecule has 6 heteroatoms. The second-order valence-electron chi connectivity index (χ2n) is 3.78. The highest BCUT2D eigenvalue weighted by Crippen LogP contribution is 2.28. The summed E-state index contributed by atoms with van der Waals surface area (Å²) in [6.45, 7) is 0.748. The minimum absolute atomic E-state index is 0.0197. The van der Waals surface area contributed by atoms with Crippen molar-refractivity contribution in [2.75, 3.05) is 18.1 Å². The number of rotatable bonds is 3. The Morgan fingerprint density at radius 3 is 3.00 bits per heavy atom. The lowest BCUT2D eigenvalue weighted by atomic mass is 10.2. The predicted molar refractivity (Wildman–Crippen MR) is 62.7 cm³/mol. The number of ether oxygens (including phenoxy) is 1. The van der Waals surface area contributed by atoms with Crippen LogP contribution in [0.4, 0.5) is 14.9 Å². The topological polar surface area (TPSA) is 55.6 Å². The molecule has 0 aromatic heterocycles. The Hall–Kier alpha value is -1.33. The Kier molecular flexibility index (Phi) is 3.49. The Morgan fingerprint density at radius 2 is 2.35 bits per heavy atom. The standard InChI is InChI=1S/C11H12ClFN2O2/c12-9-5-7(1-2-10(9)13)15-8(3-4-14)6-17-11(15)16/h1-2,5,8H,3-4,6,14H2. The third-order valence-electron chi connectivity index (χ3n) is 2.64. The molecule has 1 aromatic carbocycles. The average Bonchev–Trinajstić information content (AvgIpc) is 2.65. The Balaban J connectivity index is 2.29. The average molecular weight is 259 g/mol. The molecule has 1 saturated heterocycles. The van der Waals surface area contributed by atoms with Crippen molar-refractivity contribution in [3.8, 4) is 0 Å². The summed E-state index contributed by atoms with van der Waals surface area (Å²) < 4.78 is 18.0. The number of nitrogens with zero attached hydrogens (tertiary/aromatic N) is 1. The third kappa shape index (κ3) is 2.35. The van der Waals surface area contributed by atoms with Gasteiger partial charge in [0.15, 0.2) is 0 Å². The smallest absolute Gasteiger partial charge is 0.414 e. The summed E-state index contributed by atoms with van der Waals surface area (Å²) in [5, 5.41) is -0.0197. The molecule has 0 radical (unpaired) electrons. The minimum atomic E-state index is -0.515. The highest BCUT2D eigenvalue weighted by molar-refractivity contribution is 6.31. The second kappa shape index (κ2) is 4.89. The molecule has 1 aliphatic rings. The Morgan fingerprint density at radius 1 is 1.59 bits per heavy atom. The summed E-state index contributed by atoms with van der Waals surface area (Å²) in [5.41, 5.74) is 5.99. The molecule has 1 aromatic rings. The monoisotopic (exact) mass is 258 g/mol. The van der Waals surface area contributed by atoms with Crippen LogP contribution in [0.5, 0.6) is 0 Å². The molecule has 0 saturated carbocycles. The van der Waals surface area contributed by atoms with Crippen LogP contribution in [0.1, 0.15) is 6.42 Å². The number of anilines is 1. The number of halogens is 2. The molecule has 1 fully saturated rings. The van der Waals surface area contributed by atoms with Crippen molar-refractivity contribution in [2.45, 2.75) is 12.5 Å². The molecule has 92 valence electrons. The van der Waals surface area contributed by atoms with Crippen LogP contribution in [0, 0.1) is 5.82 Å². The van der Waals surface area contributed by atoms with Gasteiger partial charge in [0.25, 0.3) is 0 Å². The lowest BCUT2D eigenvalue weighted by Gasteiger charge is -2.21. The maximum atomic E-state index is 13.0. The quantitative estimate of drug-likeness (QED) is 0.904. The van der Waals surface area contributed by atoms with E-state index < -0.39 is 11.9 Å². The third-order valence-corrected chi connectivity index (χ3v) is 2.93. The molecule has 0 aliphatic carbocycles. The number of hydrogen-bond acceptors (Lipinski definition) is 3. The Labute approximate surface area is 103 Å². The van der Waals surface area contributed by atoms with Crippen LogP contribution >= 0.6 is 11.6 Å². The zero-order valence-electron chi connectivity index (χ0n) is 9.03. The minimum Gasteiger partial charge on any atom is -0.447 e. The molecule has 17 heavy (non-hydrogen) atoms. The van der Waals surface area contributed by atoms with Crippen molar-refractivity contribution in [1.82, 2.24) is 0 Å². The van der Waals surface area contributed by atoms with E-state index >= 15 is 0 Å². The van der Waals surface area contributed by atoms with Crippen LogP contribution in [0.15, 0.2) is 18.2 Å². The zero-order valence-corrected chi connectivity index (χ0v) is 9.78. The fourth-order valence-electron chi connectivity index (χ4n) is 1.82. The van der Waals surface area contributed by atoms with Gasteiger partial charge in [-0.2, -0.15) is 0 Å². The lowest BCUT2D eigenvalue weighted by molar-refractivity contribution is 0.178. The van der Waals surface area contributed by atoms with Gasteiger partial charge in [0, 0.05) is 5.69 Å². The van der Waals surface area contributed by atoms with Gasteiger partial charge in [-0.3, -0.25) is 4.90 Å². The van der Waals surface area contributed by atoms with Crippen LogP contribution in [-0.4, -0.2) is 25.3 Å². The summed E-state index contributed by atoms with van der Waals surface area (Å²) in [6.07, 6.45) is 0.173. The van der Waals surface area contributed by atoms with E-state index in [0.29, 0.717) is 25.3 Å². The van der Waals surface area contributed by atoms with Gasteiger partial charge in [-0.15, -0.1) is 0 Å². The van der Waals surface area contributed by atoms with E-state index in [1.807, 2.05) is 0 Å². The highest BCUT2D eigenvalue weighted by Gasteiger charge is 2.33. The molecule has 2 rings (SSSR count). The van der Waals surface area contributed by atoms with E-state index in [4.69, 9.17) is 22.1 Å². The fourth-order valence-corrected chi connectivity index (χ4v) is 1.99. The molecule has 1 atom stereocenters. The van der Waals surface area contributed by atoms with Crippen molar-refractivity contribution in [3.63, 3.8) is 0 Å². The summed E-state index contributed by atoms with van der Waals surface area (Å²) >= 11 is 5.69. The first-order valence-electron chi connectivity index (χ1n) is 5.24. The molecular formula is C11H12ClFN2O2. The molecule has 1 heterocycles. The number of amides is 1. The molecule has 1 unspecified atom stereocenters. The van der Waals surface area contributed by atoms with Crippen molar-refractivity contribution >= 4 is 23.4 Å². The van der Waals surface area contributed by atoms with Crippen LogP contribution in [0.2, 0.25) is 5.02 Å². The predicted octanol–water partition coefficient (Wildman–Crippen LogP) is 2.15. The van der Waals surface area contributed by atoms with E-state index in [0.717, 1.165) is 0 Å². The van der Waals surface area contributed by atoms with Gasteiger partial charge in [0.05, 0.1) is 11.1 Å². The first-order valence-corrected chi connectivity index (χ1v) is 5.62. The van der Waals surface area contributed by atoms with Crippen LogP contribution in [-0.2, 0) is 4.74 Å². The van der Waals surface area contributed by atoms with Crippen LogP contribution in [0.25, 0.3) is 0 Å². The summed E-state index contributed by atoms with van der Waals surface area (Å²) in [7, 11) is 0. The van der Waals surface area contributed by atoms with Gasteiger partial charge < -0.3 is 10.5 Å². The lowest BCUT2D eigenvalue weighted by Crippen LogP contribution is -2.34. The number of cyclic esters (lactones) is 1. The normalized spacial score (nSPS) is 19.6. The van der Waals surface area contributed by atoms with Crippen molar-refractivity contribution < 1.29 is 13.9 Å². The largest absolute Gasteiger partial charge is 0.447 e. The molecule has 4 nitrogen and oxygen atoms in total. The van der Waals surface area contributed by atoms with Crippen LogP contribution < -0.4 is 10.6 Å². The molecule has 2 N–H and O–H groups in total. The number of hydrogen-bond donors (Lipinski definition) is 1. The SMILES string of the molecule is NCCC1COC(=O)N1c1ccc(F)c(Cl)c1. The molecular weight excluding hydrogens is 247 g/mol. The first kappa shape index (κ1) is 12.1. The molecule has 0 bridgehead atoms. The first-order chi connectivity index (χ1) is 8.13. The van der Waals surface area contributed by atoms with Gasteiger partial charge in [0.1, 0.15) is 12.4 Å². The van der Waals surface area contributed by atoms with Gasteiger partial charge in [-0.05, 0) is 31.2 Å². The van der Waals surface area contributed by atoms with E-state index in [2.05, 4.69) is 0 Å². The fraction of sp³-hybridized carbons (Fsp3) is 0.364. The zero-order chi connectivity index (χ0) is 12.4.